The molecule has 0 bridgehead atoms. The van der Waals surface area contributed by atoms with E-state index in [2.05, 4.69) is 5.32 Å². The zero-order valence-electron chi connectivity index (χ0n) is 10.2. The number of hydrogen-bond acceptors (Lipinski definition) is 2. The van der Waals surface area contributed by atoms with Gasteiger partial charge in [-0.15, -0.1) is 0 Å². The maximum absolute atomic E-state index is 12.5. The Hall–Kier alpha value is -1.27. The van der Waals surface area contributed by atoms with E-state index in [1.165, 1.54) is 6.07 Å². The number of amides is 1. The van der Waals surface area contributed by atoms with Crippen LogP contribution in [0, 0.1) is 0 Å². The Bertz CT molecular complexity index is 449. The second kappa shape index (κ2) is 6.77. The summed E-state index contributed by atoms with van der Waals surface area (Å²) in [5.41, 5.74) is -0.922. The molecule has 0 atom stereocenters. The second-order valence-electron chi connectivity index (χ2n) is 3.83. The van der Waals surface area contributed by atoms with Crippen LogP contribution in [0.5, 0.6) is 0 Å². The number of benzene rings is 1. The molecule has 0 saturated heterocycles. The molecule has 0 aliphatic rings. The highest BCUT2D eigenvalue weighted by Crippen LogP contribution is 2.33. The van der Waals surface area contributed by atoms with Gasteiger partial charge in [-0.1, -0.05) is 18.5 Å². The van der Waals surface area contributed by atoms with Crippen LogP contribution in [0.1, 0.15) is 18.9 Å². The third-order valence-electron chi connectivity index (χ3n) is 2.09. The summed E-state index contributed by atoms with van der Waals surface area (Å²) in [6, 6.07) is 2.86. The van der Waals surface area contributed by atoms with Crippen LogP contribution >= 0.6 is 11.6 Å². The molecule has 0 radical (unpaired) electrons. The predicted molar refractivity (Wildman–Crippen MR) is 66.2 cm³/mol. The molecular formula is C12H13ClF3NO2. The highest BCUT2D eigenvalue weighted by Gasteiger charge is 2.31. The fourth-order valence-corrected chi connectivity index (χ4v) is 1.57. The molecule has 1 amide bonds. The first-order valence-electron chi connectivity index (χ1n) is 5.58. The lowest BCUT2D eigenvalue weighted by Crippen LogP contribution is -2.19. The van der Waals surface area contributed by atoms with Gasteiger partial charge in [0.2, 0.25) is 5.91 Å². The molecule has 106 valence electrons. The normalized spacial score (nSPS) is 11.4. The fourth-order valence-electron chi connectivity index (χ4n) is 1.33. The summed E-state index contributed by atoms with van der Waals surface area (Å²) in [5, 5.41) is 2.21. The van der Waals surface area contributed by atoms with Gasteiger partial charge in [-0.25, -0.2) is 0 Å². The molecular weight excluding hydrogens is 283 g/mol. The first-order valence-corrected chi connectivity index (χ1v) is 5.96. The topological polar surface area (TPSA) is 38.3 Å². The number of halogens is 4. The minimum absolute atomic E-state index is 0.00933. The number of alkyl halides is 3. The average Bonchev–Trinajstić information content (AvgIpc) is 2.27. The van der Waals surface area contributed by atoms with Crippen molar-refractivity contribution in [2.75, 3.05) is 18.5 Å². The van der Waals surface area contributed by atoms with Crippen LogP contribution in [0.3, 0.4) is 0 Å². The standard InChI is InChI=1S/C12H13ClF3NO2/c1-2-3-19-7-11(18)17-10-5-8(12(14,15)16)4-9(13)6-10/h4-6H,2-3,7H2,1H3,(H,17,18). The van der Waals surface area contributed by atoms with Crippen LogP contribution in [-0.2, 0) is 15.7 Å². The van der Waals surface area contributed by atoms with Gasteiger partial charge < -0.3 is 10.1 Å². The highest BCUT2D eigenvalue weighted by molar-refractivity contribution is 6.31. The summed E-state index contributed by atoms with van der Waals surface area (Å²) in [4.78, 5) is 11.4. The van der Waals surface area contributed by atoms with E-state index in [1.807, 2.05) is 6.92 Å². The quantitative estimate of drug-likeness (QED) is 0.841. The summed E-state index contributed by atoms with van der Waals surface area (Å²) in [6.07, 6.45) is -3.76. The number of anilines is 1. The van der Waals surface area contributed by atoms with Gasteiger partial charge in [0.15, 0.2) is 0 Å². The van der Waals surface area contributed by atoms with E-state index in [-0.39, 0.29) is 17.3 Å². The van der Waals surface area contributed by atoms with Crippen molar-refractivity contribution in [3.8, 4) is 0 Å². The lowest BCUT2D eigenvalue weighted by atomic mass is 10.2. The van der Waals surface area contributed by atoms with Gasteiger partial charge in [0.25, 0.3) is 0 Å². The van der Waals surface area contributed by atoms with E-state index in [0.29, 0.717) is 6.61 Å². The van der Waals surface area contributed by atoms with E-state index >= 15 is 0 Å². The number of rotatable bonds is 5. The van der Waals surface area contributed by atoms with Gasteiger partial charge in [0, 0.05) is 17.3 Å². The Kier molecular flexibility index (Phi) is 5.62. The molecule has 1 aromatic carbocycles. The molecule has 1 aromatic rings. The van der Waals surface area contributed by atoms with Crippen molar-refractivity contribution >= 4 is 23.2 Å². The molecule has 0 aliphatic heterocycles. The van der Waals surface area contributed by atoms with Crippen molar-refractivity contribution in [3.63, 3.8) is 0 Å². The zero-order valence-corrected chi connectivity index (χ0v) is 10.9. The Balaban J connectivity index is 2.73. The molecule has 1 rings (SSSR count). The molecule has 0 spiro atoms. The first-order chi connectivity index (χ1) is 8.82. The summed E-state index contributed by atoms with van der Waals surface area (Å²) in [6.45, 7) is 2.09. The van der Waals surface area contributed by atoms with Gasteiger partial charge in [-0.2, -0.15) is 13.2 Å². The van der Waals surface area contributed by atoms with Crippen molar-refractivity contribution in [1.29, 1.82) is 0 Å². The molecule has 0 heterocycles. The van der Waals surface area contributed by atoms with Gasteiger partial charge in [-0.05, 0) is 24.6 Å². The van der Waals surface area contributed by atoms with Crippen molar-refractivity contribution in [2.24, 2.45) is 0 Å². The predicted octanol–water partition coefficient (Wildman–Crippen LogP) is 3.72. The van der Waals surface area contributed by atoms with Crippen LogP contribution in [0.15, 0.2) is 18.2 Å². The van der Waals surface area contributed by atoms with E-state index in [9.17, 15) is 18.0 Å². The summed E-state index contributed by atoms with van der Waals surface area (Å²) >= 11 is 5.58. The Morgan fingerprint density at radius 1 is 1.37 bits per heavy atom. The van der Waals surface area contributed by atoms with Gasteiger partial charge >= 0.3 is 6.18 Å². The van der Waals surface area contributed by atoms with E-state index in [0.717, 1.165) is 18.6 Å². The molecule has 0 unspecified atom stereocenters. The van der Waals surface area contributed by atoms with Crippen molar-refractivity contribution in [1.82, 2.24) is 0 Å². The number of carbonyl (C=O) groups is 1. The molecule has 3 nitrogen and oxygen atoms in total. The maximum Gasteiger partial charge on any atom is 0.416 e. The van der Waals surface area contributed by atoms with Crippen molar-refractivity contribution in [3.05, 3.63) is 28.8 Å². The monoisotopic (exact) mass is 295 g/mol. The zero-order chi connectivity index (χ0) is 14.5. The number of carbonyl (C=O) groups excluding carboxylic acids is 1. The molecule has 0 aliphatic carbocycles. The number of hydrogen-bond donors (Lipinski definition) is 1. The van der Waals surface area contributed by atoms with Gasteiger partial charge in [0.05, 0.1) is 5.56 Å². The molecule has 7 heteroatoms. The van der Waals surface area contributed by atoms with Gasteiger partial charge in [-0.3, -0.25) is 4.79 Å². The average molecular weight is 296 g/mol. The SMILES string of the molecule is CCCOCC(=O)Nc1cc(Cl)cc(C(F)(F)F)c1. The smallest absolute Gasteiger partial charge is 0.372 e. The second-order valence-corrected chi connectivity index (χ2v) is 4.26. The molecule has 1 N–H and O–H groups in total. The molecule has 19 heavy (non-hydrogen) atoms. The van der Waals surface area contributed by atoms with Crippen LogP contribution in [0.2, 0.25) is 5.02 Å². The maximum atomic E-state index is 12.5. The molecule has 0 saturated carbocycles. The van der Waals surface area contributed by atoms with Gasteiger partial charge in [0.1, 0.15) is 6.61 Å². The lowest BCUT2D eigenvalue weighted by molar-refractivity contribution is -0.137. The fraction of sp³-hybridized carbons (Fsp3) is 0.417. The summed E-state index contributed by atoms with van der Waals surface area (Å²) < 4.78 is 42.6. The number of nitrogens with one attached hydrogen (secondary N) is 1. The minimum Gasteiger partial charge on any atom is -0.372 e. The Morgan fingerprint density at radius 3 is 2.63 bits per heavy atom. The van der Waals surface area contributed by atoms with Crippen molar-refractivity contribution < 1.29 is 22.7 Å². The largest absolute Gasteiger partial charge is 0.416 e. The van der Waals surface area contributed by atoms with Crippen LogP contribution in [-0.4, -0.2) is 19.1 Å². The highest BCUT2D eigenvalue weighted by atomic mass is 35.5. The third kappa shape index (κ3) is 5.48. The van der Waals surface area contributed by atoms with Crippen LogP contribution < -0.4 is 5.32 Å². The van der Waals surface area contributed by atoms with E-state index in [4.69, 9.17) is 16.3 Å². The lowest BCUT2D eigenvalue weighted by Gasteiger charge is -2.11. The van der Waals surface area contributed by atoms with E-state index < -0.39 is 17.6 Å². The number of ether oxygens (including phenoxy) is 1. The van der Waals surface area contributed by atoms with Crippen molar-refractivity contribution in [2.45, 2.75) is 19.5 Å². The Labute approximate surface area is 113 Å². The van der Waals surface area contributed by atoms with Crippen LogP contribution in [0.4, 0.5) is 18.9 Å². The summed E-state index contributed by atoms with van der Waals surface area (Å²) in [5.74, 6) is -0.524. The van der Waals surface area contributed by atoms with Crippen LogP contribution in [0.25, 0.3) is 0 Å². The molecule has 0 fully saturated rings. The summed E-state index contributed by atoms with van der Waals surface area (Å²) in [7, 11) is 0. The first kappa shape index (κ1) is 15.8. The minimum atomic E-state index is -4.51. The van der Waals surface area contributed by atoms with E-state index in [1.54, 1.807) is 0 Å². The Morgan fingerprint density at radius 2 is 2.05 bits per heavy atom. The molecule has 0 aromatic heterocycles. The third-order valence-corrected chi connectivity index (χ3v) is 2.31.